The van der Waals surface area contributed by atoms with Crippen LogP contribution in [0.5, 0.6) is 17.2 Å². The standard InChI is InChI=1S/C19H21N3O3S/c1-11-10-22-17(12-8-14(24-2)18(23)15(9-12)25-3)16(21-19(22)26-11)13-6-4-5-7-20-13/h4-9,11,16-17,23H,10H2,1-3H3/t11-,16-,17-/m0/s1. The zero-order chi connectivity index (χ0) is 18.3. The highest BCUT2D eigenvalue weighted by molar-refractivity contribution is 8.14. The first kappa shape index (κ1) is 17.0. The van der Waals surface area contributed by atoms with Crippen LogP contribution in [0.1, 0.15) is 30.3 Å². The Labute approximate surface area is 156 Å². The maximum absolute atomic E-state index is 10.3. The number of benzene rings is 1. The van der Waals surface area contributed by atoms with Gasteiger partial charge in [0.2, 0.25) is 5.75 Å². The molecule has 0 radical (unpaired) electrons. The zero-order valence-electron chi connectivity index (χ0n) is 14.9. The van der Waals surface area contributed by atoms with Crippen LogP contribution < -0.4 is 9.47 Å². The number of phenols is 1. The summed E-state index contributed by atoms with van der Waals surface area (Å²) < 4.78 is 10.7. The quantitative estimate of drug-likeness (QED) is 0.889. The number of amidine groups is 1. The highest BCUT2D eigenvalue weighted by Gasteiger charge is 2.44. The van der Waals surface area contributed by atoms with Crippen LogP contribution in [0.3, 0.4) is 0 Å². The van der Waals surface area contributed by atoms with Crippen molar-refractivity contribution in [3.63, 3.8) is 0 Å². The van der Waals surface area contributed by atoms with Gasteiger partial charge in [-0.05, 0) is 29.8 Å². The summed E-state index contributed by atoms with van der Waals surface area (Å²) in [5, 5.41) is 11.8. The number of hydrogen-bond acceptors (Lipinski definition) is 7. The van der Waals surface area contributed by atoms with Crippen molar-refractivity contribution >= 4 is 16.9 Å². The SMILES string of the molecule is COc1cc([C@H]2[C@H](c3ccccn3)N=C3S[C@@H](C)CN32)cc(OC)c1O. The molecule has 0 unspecified atom stereocenters. The molecule has 26 heavy (non-hydrogen) atoms. The van der Waals surface area contributed by atoms with E-state index in [-0.39, 0.29) is 17.8 Å². The molecule has 3 atom stereocenters. The first-order valence-corrected chi connectivity index (χ1v) is 9.37. The normalized spacial score (nSPS) is 24.3. The summed E-state index contributed by atoms with van der Waals surface area (Å²) in [5.74, 6) is 0.802. The van der Waals surface area contributed by atoms with Crippen LogP contribution in [0.4, 0.5) is 0 Å². The molecule has 1 fully saturated rings. The number of aromatic nitrogens is 1. The van der Waals surface area contributed by atoms with E-state index >= 15 is 0 Å². The minimum Gasteiger partial charge on any atom is -0.502 e. The number of ether oxygens (including phenoxy) is 2. The smallest absolute Gasteiger partial charge is 0.200 e. The summed E-state index contributed by atoms with van der Waals surface area (Å²) in [6, 6.07) is 9.51. The van der Waals surface area contributed by atoms with E-state index in [1.54, 1.807) is 32.2 Å². The monoisotopic (exact) mass is 371 g/mol. The van der Waals surface area contributed by atoms with Crippen LogP contribution in [0, 0.1) is 0 Å². The fourth-order valence-electron chi connectivity index (χ4n) is 3.56. The Morgan fingerprint density at radius 2 is 1.92 bits per heavy atom. The van der Waals surface area contributed by atoms with Crippen LogP contribution in [0.15, 0.2) is 41.5 Å². The van der Waals surface area contributed by atoms with Crippen molar-refractivity contribution in [1.29, 1.82) is 0 Å². The molecule has 136 valence electrons. The largest absolute Gasteiger partial charge is 0.502 e. The van der Waals surface area contributed by atoms with Crippen molar-refractivity contribution in [2.75, 3.05) is 20.8 Å². The van der Waals surface area contributed by atoms with E-state index in [2.05, 4.69) is 16.8 Å². The molecule has 1 aromatic heterocycles. The number of pyridine rings is 1. The third-order valence-electron chi connectivity index (χ3n) is 4.72. The highest BCUT2D eigenvalue weighted by atomic mass is 32.2. The molecule has 2 aliphatic heterocycles. The summed E-state index contributed by atoms with van der Waals surface area (Å²) in [6.07, 6.45) is 1.80. The van der Waals surface area contributed by atoms with E-state index in [1.165, 1.54) is 0 Å². The number of thioether (sulfide) groups is 1. The lowest BCUT2D eigenvalue weighted by Crippen LogP contribution is -2.28. The van der Waals surface area contributed by atoms with E-state index in [4.69, 9.17) is 14.5 Å². The Hall–Kier alpha value is -2.41. The van der Waals surface area contributed by atoms with Gasteiger partial charge in [0.1, 0.15) is 6.04 Å². The number of phenolic OH excluding ortho intramolecular Hbond substituents is 1. The minimum absolute atomic E-state index is 0.0106. The third kappa shape index (κ3) is 2.76. The molecule has 4 rings (SSSR count). The molecule has 2 aromatic rings. The van der Waals surface area contributed by atoms with Gasteiger partial charge in [-0.2, -0.15) is 0 Å². The van der Waals surface area contributed by atoms with E-state index in [1.807, 2.05) is 30.3 Å². The van der Waals surface area contributed by atoms with Crippen molar-refractivity contribution in [3.8, 4) is 17.2 Å². The maximum Gasteiger partial charge on any atom is 0.200 e. The van der Waals surface area contributed by atoms with Gasteiger partial charge in [0.05, 0.1) is 26.0 Å². The topological polar surface area (TPSA) is 67.2 Å². The first-order chi connectivity index (χ1) is 12.6. The van der Waals surface area contributed by atoms with Gasteiger partial charge in [-0.15, -0.1) is 0 Å². The third-order valence-corrected chi connectivity index (χ3v) is 5.83. The van der Waals surface area contributed by atoms with Crippen molar-refractivity contribution in [1.82, 2.24) is 9.88 Å². The lowest BCUT2D eigenvalue weighted by atomic mass is 9.95. The number of aliphatic imine (C=N–C) groups is 1. The Morgan fingerprint density at radius 3 is 2.54 bits per heavy atom. The average Bonchev–Trinajstić information content (AvgIpc) is 3.18. The molecule has 7 heteroatoms. The number of nitrogens with zero attached hydrogens (tertiary/aromatic N) is 3. The van der Waals surface area contributed by atoms with Crippen LogP contribution in [-0.2, 0) is 0 Å². The number of aromatic hydroxyl groups is 1. The molecule has 0 amide bonds. The molecule has 0 spiro atoms. The second-order valence-corrected chi connectivity index (χ2v) is 7.82. The van der Waals surface area contributed by atoms with Gasteiger partial charge >= 0.3 is 0 Å². The van der Waals surface area contributed by atoms with Crippen LogP contribution in [0.2, 0.25) is 0 Å². The lowest BCUT2D eigenvalue weighted by Gasteiger charge is -2.28. The Bertz CT molecular complexity index is 818. The molecule has 1 saturated heterocycles. The van der Waals surface area contributed by atoms with Gasteiger partial charge < -0.3 is 19.5 Å². The first-order valence-electron chi connectivity index (χ1n) is 8.49. The summed E-state index contributed by atoms with van der Waals surface area (Å²) >= 11 is 1.79. The Kier molecular flexibility index (Phi) is 4.40. The van der Waals surface area contributed by atoms with Gasteiger partial charge in [0.15, 0.2) is 16.7 Å². The summed E-state index contributed by atoms with van der Waals surface area (Å²) in [6.45, 7) is 3.12. The fourth-order valence-corrected chi connectivity index (χ4v) is 4.66. The molecule has 0 aliphatic carbocycles. The van der Waals surface area contributed by atoms with Crippen LogP contribution in [-0.4, -0.2) is 46.2 Å². The van der Waals surface area contributed by atoms with Crippen molar-refractivity contribution < 1.29 is 14.6 Å². The molecule has 1 N–H and O–H groups in total. The molecule has 2 aliphatic rings. The number of hydrogen-bond donors (Lipinski definition) is 1. The van der Waals surface area contributed by atoms with Crippen molar-refractivity contribution in [2.24, 2.45) is 4.99 Å². The summed E-state index contributed by atoms with van der Waals surface area (Å²) in [4.78, 5) is 11.8. The van der Waals surface area contributed by atoms with Crippen molar-refractivity contribution in [3.05, 3.63) is 47.8 Å². The second-order valence-electron chi connectivity index (χ2n) is 6.41. The molecular formula is C19H21N3O3S. The molecule has 6 nitrogen and oxygen atoms in total. The number of methoxy groups -OCH3 is 2. The van der Waals surface area contributed by atoms with E-state index in [9.17, 15) is 5.11 Å². The lowest BCUT2D eigenvalue weighted by molar-refractivity contribution is 0.311. The molecule has 1 aromatic carbocycles. The van der Waals surface area contributed by atoms with Gasteiger partial charge in [0, 0.05) is 18.0 Å². The summed E-state index contributed by atoms with van der Waals surface area (Å²) in [5.41, 5.74) is 1.92. The second kappa shape index (κ2) is 6.72. The van der Waals surface area contributed by atoms with Gasteiger partial charge in [-0.25, -0.2) is 0 Å². The maximum atomic E-state index is 10.3. The number of rotatable bonds is 4. The van der Waals surface area contributed by atoms with Gasteiger partial charge in [-0.3, -0.25) is 9.98 Å². The van der Waals surface area contributed by atoms with Crippen LogP contribution >= 0.6 is 11.8 Å². The van der Waals surface area contributed by atoms with Crippen LogP contribution in [0.25, 0.3) is 0 Å². The number of fused-ring (bicyclic) bond motifs is 1. The van der Waals surface area contributed by atoms with E-state index in [0.717, 1.165) is 23.0 Å². The van der Waals surface area contributed by atoms with Gasteiger partial charge in [0.25, 0.3) is 0 Å². The van der Waals surface area contributed by atoms with E-state index < -0.39 is 0 Å². The fraction of sp³-hybridized carbons (Fsp3) is 0.368. The summed E-state index contributed by atoms with van der Waals surface area (Å²) in [7, 11) is 3.08. The zero-order valence-corrected chi connectivity index (χ0v) is 15.7. The molecule has 0 bridgehead atoms. The molecule has 3 heterocycles. The average molecular weight is 371 g/mol. The van der Waals surface area contributed by atoms with Gasteiger partial charge in [-0.1, -0.05) is 24.8 Å². The molecular weight excluding hydrogens is 350 g/mol. The van der Waals surface area contributed by atoms with E-state index in [0.29, 0.717) is 16.7 Å². The Balaban J connectivity index is 1.82. The Morgan fingerprint density at radius 1 is 1.19 bits per heavy atom. The van der Waals surface area contributed by atoms with Crippen molar-refractivity contribution in [2.45, 2.75) is 24.3 Å². The minimum atomic E-state index is -0.106. The predicted molar refractivity (Wildman–Crippen MR) is 102 cm³/mol. The molecule has 0 saturated carbocycles. The predicted octanol–water partition coefficient (Wildman–Crippen LogP) is 3.39. The highest BCUT2D eigenvalue weighted by Crippen LogP contribution is 2.50.